The van der Waals surface area contributed by atoms with Crippen molar-refractivity contribution in [2.45, 2.75) is 25.3 Å². The second kappa shape index (κ2) is 5.53. The zero-order valence-corrected chi connectivity index (χ0v) is 6.34. The van der Waals surface area contributed by atoms with E-state index in [0.29, 0.717) is 19.3 Å². The first-order chi connectivity index (χ1) is 5.22. The number of rotatable bonds is 4. The highest BCUT2D eigenvalue weighted by Crippen LogP contribution is 1.95. The number of hydrogen-bond acceptors (Lipinski definition) is 2. The smallest absolute Gasteiger partial charge is 0.151 e. The molecule has 0 fully saturated rings. The molecule has 0 aliphatic heterocycles. The van der Waals surface area contributed by atoms with Crippen molar-refractivity contribution in [3.63, 3.8) is 0 Å². The fourth-order valence-corrected chi connectivity index (χ4v) is 0.622. The molecule has 0 unspecified atom stereocenters. The molecule has 0 saturated carbocycles. The third kappa shape index (κ3) is 4.19. The van der Waals surface area contributed by atoms with Gasteiger partial charge in [-0.3, -0.25) is 4.79 Å². The first kappa shape index (κ1) is 9.75. The monoisotopic (exact) mass is 149 g/mol. The topological polar surface area (TPSA) is 43.1 Å². The maximum Gasteiger partial charge on any atom is 0.151 e. The van der Waals surface area contributed by atoms with Crippen LogP contribution in [0.2, 0.25) is 0 Å². The molecule has 0 aliphatic rings. The summed E-state index contributed by atoms with van der Waals surface area (Å²) in [5.41, 5.74) is 5.41. The van der Waals surface area contributed by atoms with Gasteiger partial charge >= 0.3 is 0 Å². The van der Waals surface area contributed by atoms with Gasteiger partial charge in [0.05, 0.1) is 6.04 Å². The summed E-state index contributed by atoms with van der Waals surface area (Å²) >= 11 is 0. The van der Waals surface area contributed by atoms with Gasteiger partial charge in [0.25, 0.3) is 0 Å². The minimum Gasteiger partial charge on any atom is -0.321 e. The summed E-state index contributed by atoms with van der Waals surface area (Å²) in [5.74, 6) is 4.64. The van der Waals surface area contributed by atoms with Crippen LogP contribution < -0.4 is 5.73 Å². The lowest BCUT2D eigenvalue weighted by atomic mass is 10.1. The van der Waals surface area contributed by atoms with E-state index in [4.69, 9.17) is 18.6 Å². The quantitative estimate of drug-likeness (QED) is 0.585. The summed E-state index contributed by atoms with van der Waals surface area (Å²) in [6, 6.07) is -0.534. The molecule has 0 rings (SSSR count). The van der Waals surface area contributed by atoms with Gasteiger partial charge < -0.3 is 5.73 Å². The van der Waals surface area contributed by atoms with Gasteiger partial charge in [-0.1, -0.05) is 0 Å². The van der Waals surface area contributed by atoms with E-state index in [1.54, 1.807) is 0 Å². The molecule has 2 heteroatoms. The highest BCUT2D eigenvalue weighted by Gasteiger charge is 2.10. The van der Waals surface area contributed by atoms with Gasteiger partial charge in [-0.25, -0.2) is 0 Å². The summed E-state index contributed by atoms with van der Waals surface area (Å²) in [4.78, 5) is 11.0. The summed E-state index contributed by atoms with van der Waals surface area (Å²) in [7, 11) is 0. The van der Waals surface area contributed by atoms with E-state index in [0.717, 1.165) is 0 Å². The number of hydrogen-bond donors (Lipinski definition) is 1. The zero-order valence-electron chi connectivity index (χ0n) is 6.34. The van der Waals surface area contributed by atoms with Crippen LogP contribution in [0.5, 0.6) is 0 Å². The Bertz CT molecular complexity index is 207. The van der Waals surface area contributed by atoms with E-state index in [1.165, 1.54) is 0 Å². The third-order valence-electron chi connectivity index (χ3n) is 1.27. The fourth-order valence-electron chi connectivity index (χ4n) is 0.622. The lowest BCUT2D eigenvalue weighted by Gasteiger charge is -2.03. The predicted octanol–water partition coefficient (Wildman–Crippen LogP) is 0.320. The molecule has 0 aromatic heterocycles. The van der Waals surface area contributed by atoms with Gasteiger partial charge in [0.2, 0.25) is 0 Å². The number of carbonyl (C=O) groups is 1. The van der Waals surface area contributed by atoms with Gasteiger partial charge in [0, 0.05) is 19.3 Å². The standard InChI is InChI=1S/C9H11NO/c1-3-5-7-9(11)8(10)6-4-2/h1-2,8H,5-7,10H2/t8-/m1/s1. The number of carbonyl (C=O) groups excluding carboxylic acids is 1. The van der Waals surface area contributed by atoms with Crippen LogP contribution in [0, 0.1) is 24.7 Å². The summed E-state index contributed by atoms with van der Waals surface area (Å²) in [6.45, 7) is 0. The summed E-state index contributed by atoms with van der Waals surface area (Å²) in [6.07, 6.45) is 11.0. The molecule has 0 heterocycles. The SMILES string of the molecule is C#CCCC(=O)[C@H](N)CC#C. The van der Waals surface area contributed by atoms with Crippen LogP contribution in [0.4, 0.5) is 0 Å². The van der Waals surface area contributed by atoms with Crippen LogP contribution in [-0.4, -0.2) is 11.8 Å². The molecule has 2 nitrogen and oxygen atoms in total. The molecule has 0 radical (unpaired) electrons. The highest BCUT2D eigenvalue weighted by atomic mass is 16.1. The molecule has 11 heavy (non-hydrogen) atoms. The second-order valence-electron chi connectivity index (χ2n) is 2.19. The van der Waals surface area contributed by atoms with Crippen molar-refractivity contribution < 1.29 is 4.79 Å². The Kier molecular flexibility index (Phi) is 4.90. The predicted molar refractivity (Wildman–Crippen MR) is 44.5 cm³/mol. The van der Waals surface area contributed by atoms with E-state index in [-0.39, 0.29) is 5.78 Å². The average molecular weight is 149 g/mol. The lowest BCUT2D eigenvalue weighted by molar-refractivity contribution is -0.120. The Hall–Kier alpha value is -1.25. The van der Waals surface area contributed by atoms with Crippen LogP contribution in [0.15, 0.2) is 0 Å². The maximum atomic E-state index is 11.0. The Morgan fingerprint density at radius 1 is 1.45 bits per heavy atom. The average Bonchev–Trinajstić information content (AvgIpc) is 2.00. The largest absolute Gasteiger partial charge is 0.321 e. The number of nitrogens with two attached hydrogens (primary N) is 1. The van der Waals surface area contributed by atoms with E-state index in [9.17, 15) is 4.79 Å². The van der Waals surface area contributed by atoms with Crippen LogP contribution >= 0.6 is 0 Å². The van der Waals surface area contributed by atoms with Gasteiger partial charge in [-0.15, -0.1) is 24.7 Å². The minimum absolute atomic E-state index is 0.0547. The van der Waals surface area contributed by atoms with E-state index < -0.39 is 6.04 Å². The third-order valence-corrected chi connectivity index (χ3v) is 1.27. The first-order valence-electron chi connectivity index (χ1n) is 3.37. The van der Waals surface area contributed by atoms with Gasteiger partial charge in [0.15, 0.2) is 5.78 Å². The summed E-state index contributed by atoms with van der Waals surface area (Å²) < 4.78 is 0. The Morgan fingerprint density at radius 2 is 2.09 bits per heavy atom. The Balaban J connectivity index is 3.68. The molecule has 0 aromatic carbocycles. The van der Waals surface area contributed by atoms with E-state index in [2.05, 4.69) is 11.8 Å². The second-order valence-corrected chi connectivity index (χ2v) is 2.19. The fraction of sp³-hybridized carbons (Fsp3) is 0.444. The minimum atomic E-state index is -0.534. The molecular formula is C9H11NO. The number of Topliss-reactive ketones (excluding diaryl/α,β-unsaturated/α-hetero) is 1. The lowest BCUT2D eigenvalue weighted by Crippen LogP contribution is -2.29. The van der Waals surface area contributed by atoms with Crippen molar-refractivity contribution in [1.82, 2.24) is 0 Å². The molecule has 0 aliphatic carbocycles. The number of ketones is 1. The van der Waals surface area contributed by atoms with Crippen molar-refractivity contribution in [3.8, 4) is 24.7 Å². The molecule has 0 saturated heterocycles. The Morgan fingerprint density at radius 3 is 2.55 bits per heavy atom. The van der Waals surface area contributed by atoms with Crippen molar-refractivity contribution in [3.05, 3.63) is 0 Å². The van der Waals surface area contributed by atoms with Gasteiger partial charge in [0.1, 0.15) is 0 Å². The molecule has 0 spiro atoms. The maximum absolute atomic E-state index is 11.0. The van der Waals surface area contributed by atoms with Crippen LogP contribution in [0.1, 0.15) is 19.3 Å². The van der Waals surface area contributed by atoms with Crippen LogP contribution in [0.25, 0.3) is 0 Å². The zero-order chi connectivity index (χ0) is 8.69. The van der Waals surface area contributed by atoms with E-state index in [1.807, 2.05) is 0 Å². The molecule has 0 aromatic rings. The molecule has 0 bridgehead atoms. The van der Waals surface area contributed by atoms with Gasteiger partial charge in [-0.2, -0.15) is 0 Å². The normalized spacial score (nSPS) is 11.2. The molecule has 58 valence electrons. The van der Waals surface area contributed by atoms with Crippen molar-refractivity contribution in [2.24, 2.45) is 5.73 Å². The van der Waals surface area contributed by atoms with Crippen molar-refractivity contribution in [1.29, 1.82) is 0 Å². The molecule has 1 atom stereocenters. The molecule has 2 N–H and O–H groups in total. The van der Waals surface area contributed by atoms with Crippen LogP contribution in [-0.2, 0) is 4.79 Å². The van der Waals surface area contributed by atoms with Gasteiger partial charge in [-0.05, 0) is 0 Å². The number of terminal acetylenes is 2. The van der Waals surface area contributed by atoms with Crippen molar-refractivity contribution in [2.75, 3.05) is 0 Å². The van der Waals surface area contributed by atoms with Crippen LogP contribution in [0.3, 0.4) is 0 Å². The summed E-state index contributed by atoms with van der Waals surface area (Å²) in [5, 5.41) is 0. The Labute approximate surface area is 67.2 Å². The van der Waals surface area contributed by atoms with Crippen molar-refractivity contribution >= 4 is 5.78 Å². The molecular weight excluding hydrogens is 138 g/mol. The molecule has 0 amide bonds. The highest BCUT2D eigenvalue weighted by molar-refractivity contribution is 5.84. The van der Waals surface area contributed by atoms with E-state index >= 15 is 0 Å². The first-order valence-corrected chi connectivity index (χ1v) is 3.37.